The van der Waals surface area contributed by atoms with E-state index >= 15 is 0 Å². The number of fused-ring (bicyclic) bond motifs is 1. The van der Waals surface area contributed by atoms with Crippen molar-refractivity contribution in [3.63, 3.8) is 0 Å². The van der Waals surface area contributed by atoms with E-state index < -0.39 is 0 Å². The maximum atomic E-state index is 4.78. The predicted molar refractivity (Wildman–Crippen MR) is 84.6 cm³/mol. The Morgan fingerprint density at radius 3 is 2.55 bits per heavy atom. The predicted octanol–water partition coefficient (Wildman–Crippen LogP) is 3.18. The number of nitrogens with zero attached hydrogens (tertiary/aromatic N) is 4. The molecule has 2 heterocycles. The molecule has 0 bridgehead atoms. The molecule has 5 heteroatoms. The second kappa shape index (κ2) is 7.12. The average Bonchev–Trinajstić information content (AvgIpc) is 2.92. The molecule has 20 heavy (non-hydrogen) atoms. The standard InChI is InChI=1S/C15H25N5/c1-4-7-16-13-12-20-11-8-17-14(20)15(18-13)19(9-5-2)10-6-3/h8,11-12,16H,4-7,9-10H2,1-3H3. The molecule has 1 N–H and O–H groups in total. The molecule has 0 unspecified atom stereocenters. The minimum absolute atomic E-state index is 0.921. The van der Waals surface area contributed by atoms with Gasteiger partial charge in [-0.25, -0.2) is 9.97 Å². The summed E-state index contributed by atoms with van der Waals surface area (Å²) in [6.07, 6.45) is 9.14. The largest absolute Gasteiger partial charge is 0.369 e. The van der Waals surface area contributed by atoms with Crippen molar-refractivity contribution in [1.29, 1.82) is 0 Å². The molecule has 0 aliphatic carbocycles. The quantitative estimate of drug-likeness (QED) is 0.803. The summed E-state index contributed by atoms with van der Waals surface area (Å²) in [4.78, 5) is 11.6. The van der Waals surface area contributed by atoms with Gasteiger partial charge in [-0.3, -0.25) is 0 Å². The Kier molecular flexibility index (Phi) is 5.21. The zero-order valence-corrected chi connectivity index (χ0v) is 12.8. The van der Waals surface area contributed by atoms with Gasteiger partial charge in [-0.15, -0.1) is 0 Å². The lowest BCUT2D eigenvalue weighted by Gasteiger charge is -2.23. The highest BCUT2D eigenvalue weighted by atomic mass is 15.2. The van der Waals surface area contributed by atoms with Crippen molar-refractivity contribution in [3.05, 3.63) is 18.6 Å². The van der Waals surface area contributed by atoms with E-state index in [1.807, 2.05) is 18.6 Å². The summed E-state index contributed by atoms with van der Waals surface area (Å²) in [6, 6.07) is 0. The highest BCUT2D eigenvalue weighted by Crippen LogP contribution is 2.21. The second-order valence-corrected chi connectivity index (χ2v) is 5.02. The molecule has 0 radical (unpaired) electrons. The summed E-state index contributed by atoms with van der Waals surface area (Å²) < 4.78 is 2.05. The Labute approximate surface area is 121 Å². The maximum Gasteiger partial charge on any atom is 0.180 e. The summed E-state index contributed by atoms with van der Waals surface area (Å²) in [5, 5.41) is 3.37. The molecule has 0 saturated carbocycles. The molecular weight excluding hydrogens is 250 g/mol. The van der Waals surface area contributed by atoms with Gasteiger partial charge in [0, 0.05) is 32.0 Å². The van der Waals surface area contributed by atoms with Gasteiger partial charge in [0.25, 0.3) is 0 Å². The molecule has 2 aromatic heterocycles. The third-order valence-corrected chi connectivity index (χ3v) is 3.20. The number of nitrogens with one attached hydrogen (secondary N) is 1. The molecule has 0 aromatic carbocycles. The van der Waals surface area contributed by atoms with Crippen LogP contribution in [0.25, 0.3) is 5.65 Å². The van der Waals surface area contributed by atoms with E-state index in [9.17, 15) is 0 Å². The fraction of sp³-hybridized carbons (Fsp3) is 0.600. The van der Waals surface area contributed by atoms with E-state index in [0.717, 1.165) is 56.2 Å². The first-order valence-electron chi connectivity index (χ1n) is 7.62. The molecule has 2 rings (SSSR count). The first-order valence-corrected chi connectivity index (χ1v) is 7.62. The Morgan fingerprint density at radius 2 is 1.90 bits per heavy atom. The van der Waals surface area contributed by atoms with E-state index in [4.69, 9.17) is 4.98 Å². The fourth-order valence-corrected chi connectivity index (χ4v) is 2.33. The van der Waals surface area contributed by atoms with Crippen molar-refractivity contribution in [2.75, 3.05) is 29.9 Å². The topological polar surface area (TPSA) is 45.5 Å². The number of hydrogen-bond donors (Lipinski definition) is 1. The van der Waals surface area contributed by atoms with Crippen LogP contribution in [0.5, 0.6) is 0 Å². The number of imidazole rings is 1. The Hall–Kier alpha value is -1.78. The number of anilines is 2. The van der Waals surface area contributed by atoms with Crippen LogP contribution in [0.2, 0.25) is 0 Å². The molecule has 0 aliphatic rings. The third kappa shape index (κ3) is 3.21. The third-order valence-electron chi connectivity index (χ3n) is 3.20. The minimum Gasteiger partial charge on any atom is -0.369 e. The van der Waals surface area contributed by atoms with Gasteiger partial charge in [0.05, 0.1) is 6.20 Å². The lowest BCUT2D eigenvalue weighted by atomic mass is 10.3. The molecular formula is C15H25N5. The van der Waals surface area contributed by atoms with Gasteiger partial charge in [-0.2, -0.15) is 0 Å². The van der Waals surface area contributed by atoms with Gasteiger partial charge < -0.3 is 14.6 Å². The molecule has 0 aliphatic heterocycles. The van der Waals surface area contributed by atoms with Crippen LogP contribution >= 0.6 is 0 Å². The molecule has 0 spiro atoms. The van der Waals surface area contributed by atoms with Crippen LogP contribution in [0.4, 0.5) is 11.6 Å². The number of rotatable bonds is 8. The van der Waals surface area contributed by atoms with Gasteiger partial charge in [0.2, 0.25) is 0 Å². The van der Waals surface area contributed by atoms with Crippen LogP contribution in [0.15, 0.2) is 18.6 Å². The van der Waals surface area contributed by atoms with Crippen molar-refractivity contribution in [1.82, 2.24) is 14.4 Å². The maximum absolute atomic E-state index is 4.78. The summed E-state index contributed by atoms with van der Waals surface area (Å²) in [7, 11) is 0. The van der Waals surface area contributed by atoms with Gasteiger partial charge in [0.15, 0.2) is 11.5 Å². The van der Waals surface area contributed by atoms with E-state index in [0.29, 0.717) is 0 Å². The van der Waals surface area contributed by atoms with Gasteiger partial charge in [-0.1, -0.05) is 20.8 Å². The molecule has 0 amide bonds. The first-order chi connectivity index (χ1) is 9.80. The van der Waals surface area contributed by atoms with Crippen molar-refractivity contribution in [2.24, 2.45) is 0 Å². The van der Waals surface area contributed by atoms with Crippen molar-refractivity contribution in [3.8, 4) is 0 Å². The lowest BCUT2D eigenvalue weighted by molar-refractivity contribution is 0.734. The van der Waals surface area contributed by atoms with Crippen molar-refractivity contribution < 1.29 is 0 Å². The highest BCUT2D eigenvalue weighted by Gasteiger charge is 2.13. The number of aromatic nitrogens is 3. The SMILES string of the molecule is CCCNc1cn2ccnc2c(N(CCC)CCC)n1. The summed E-state index contributed by atoms with van der Waals surface area (Å²) in [5.74, 6) is 1.91. The number of hydrogen-bond acceptors (Lipinski definition) is 4. The first kappa shape index (κ1) is 14.6. The Bertz CT molecular complexity index is 528. The Morgan fingerprint density at radius 1 is 1.15 bits per heavy atom. The summed E-state index contributed by atoms with van der Waals surface area (Å²) in [5.41, 5.74) is 0.939. The smallest absolute Gasteiger partial charge is 0.180 e. The zero-order valence-electron chi connectivity index (χ0n) is 12.8. The molecule has 5 nitrogen and oxygen atoms in total. The van der Waals surface area contributed by atoms with Crippen molar-refractivity contribution in [2.45, 2.75) is 40.0 Å². The second-order valence-electron chi connectivity index (χ2n) is 5.02. The van der Waals surface area contributed by atoms with Crippen LogP contribution in [0.3, 0.4) is 0 Å². The lowest BCUT2D eigenvalue weighted by Crippen LogP contribution is -2.27. The molecule has 110 valence electrons. The van der Waals surface area contributed by atoms with Crippen LogP contribution in [0.1, 0.15) is 40.0 Å². The normalized spacial score (nSPS) is 10.9. The minimum atomic E-state index is 0.921. The molecule has 0 saturated heterocycles. The van der Waals surface area contributed by atoms with Crippen molar-refractivity contribution >= 4 is 17.3 Å². The monoisotopic (exact) mass is 275 g/mol. The van der Waals surface area contributed by atoms with E-state index in [-0.39, 0.29) is 0 Å². The van der Waals surface area contributed by atoms with E-state index in [2.05, 4.69) is 40.4 Å². The molecule has 2 aromatic rings. The van der Waals surface area contributed by atoms with E-state index in [1.165, 1.54) is 0 Å². The summed E-state index contributed by atoms with van der Waals surface area (Å²) >= 11 is 0. The van der Waals surface area contributed by atoms with Crippen LogP contribution < -0.4 is 10.2 Å². The summed E-state index contributed by atoms with van der Waals surface area (Å²) in [6.45, 7) is 9.52. The van der Waals surface area contributed by atoms with Crippen LogP contribution in [0, 0.1) is 0 Å². The van der Waals surface area contributed by atoms with Gasteiger partial charge in [-0.05, 0) is 19.3 Å². The van der Waals surface area contributed by atoms with Crippen LogP contribution in [-0.4, -0.2) is 34.0 Å². The van der Waals surface area contributed by atoms with Crippen LogP contribution in [-0.2, 0) is 0 Å². The Balaban J connectivity index is 2.39. The average molecular weight is 275 g/mol. The fourth-order valence-electron chi connectivity index (χ4n) is 2.33. The highest BCUT2D eigenvalue weighted by molar-refractivity contribution is 5.66. The molecule has 0 atom stereocenters. The van der Waals surface area contributed by atoms with Gasteiger partial charge in [0.1, 0.15) is 5.82 Å². The molecule has 0 fully saturated rings. The van der Waals surface area contributed by atoms with Gasteiger partial charge >= 0.3 is 0 Å². The van der Waals surface area contributed by atoms with E-state index in [1.54, 1.807) is 0 Å². The zero-order chi connectivity index (χ0) is 14.4.